The van der Waals surface area contributed by atoms with Gasteiger partial charge in [-0.05, 0) is 39.8 Å². The van der Waals surface area contributed by atoms with Gasteiger partial charge in [-0.1, -0.05) is 0 Å². The molecule has 19 heavy (non-hydrogen) atoms. The molecule has 3 N–H and O–H groups in total. The molecular weight excluding hydrogens is 259 g/mol. The number of hydrogen-bond donors (Lipinski definition) is 2. The molecule has 0 saturated carbocycles. The predicted octanol–water partition coefficient (Wildman–Crippen LogP) is 1.11. The van der Waals surface area contributed by atoms with Crippen LogP contribution in [0.15, 0.2) is 0 Å². The highest BCUT2D eigenvalue weighted by molar-refractivity contribution is 5.84. The molecule has 2 unspecified atom stereocenters. The Morgan fingerprint density at radius 3 is 2.58 bits per heavy atom. The van der Waals surface area contributed by atoms with Crippen molar-refractivity contribution in [2.24, 2.45) is 11.7 Å². The standard InChI is InChI=1S/C12H22F3N3O/c1-11(17-2,10(16)19)5-7-18-6-3-4-9(8-18)12(13,14)15/h9,17H,3-8H2,1-2H3,(H2,16,19). The van der Waals surface area contributed by atoms with Crippen molar-refractivity contribution in [1.29, 1.82) is 0 Å². The van der Waals surface area contributed by atoms with E-state index in [4.69, 9.17) is 5.73 Å². The molecule has 0 aromatic rings. The van der Waals surface area contributed by atoms with Crippen molar-refractivity contribution >= 4 is 5.91 Å². The summed E-state index contributed by atoms with van der Waals surface area (Å²) in [6, 6.07) is 0. The number of alkyl halides is 3. The Bertz CT molecular complexity index is 322. The first-order valence-corrected chi connectivity index (χ1v) is 6.47. The maximum Gasteiger partial charge on any atom is 0.393 e. The molecule has 0 spiro atoms. The highest BCUT2D eigenvalue weighted by atomic mass is 19.4. The number of likely N-dealkylation sites (tertiary alicyclic amines) is 1. The summed E-state index contributed by atoms with van der Waals surface area (Å²) >= 11 is 0. The van der Waals surface area contributed by atoms with Gasteiger partial charge in [0.25, 0.3) is 0 Å². The fourth-order valence-electron chi connectivity index (χ4n) is 2.28. The Morgan fingerprint density at radius 1 is 1.47 bits per heavy atom. The summed E-state index contributed by atoms with van der Waals surface area (Å²) in [5.41, 5.74) is 4.42. The molecule has 0 radical (unpaired) electrons. The molecule has 2 atom stereocenters. The Hall–Kier alpha value is -0.820. The number of piperidine rings is 1. The second-order valence-corrected chi connectivity index (χ2v) is 5.38. The van der Waals surface area contributed by atoms with Gasteiger partial charge in [0, 0.05) is 13.1 Å². The molecular formula is C12H22F3N3O. The minimum Gasteiger partial charge on any atom is -0.368 e. The van der Waals surface area contributed by atoms with Crippen LogP contribution in [0.1, 0.15) is 26.2 Å². The Morgan fingerprint density at radius 2 is 2.11 bits per heavy atom. The lowest BCUT2D eigenvalue weighted by atomic mass is 9.94. The monoisotopic (exact) mass is 281 g/mol. The number of halogens is 3. The van der Waals surface area contributed by atoms with Crippen molar-refractivity contribution in [1.82, 2.24) is 10.2 Å². The maximum absolute atomic E-state index is 12.7. The number of likely N-dealkylation sites (N-methyl/N-ethyl adjacent to an activating group) is 1. The number of nitrogens with one attached hydrogen (secondary N) is 1. The van der Waals surface area contributed by atoms with E-state index in [2.05, 4.69) is 5.32 Å². The SMILES string of the molecule is CNC(C)(CCN1CCCC(C(F)(F)F)C1)C(N)=O. The van der Waals surface area contributed by atoms with Crippen LogP contribution in [0.5, 0.6) is 0 Å². The third-order valence-electron chi connectivity index (χ3n) is 3.99. The van der Waals surface area contributed by atoms with Gasteiger partial charge >= 0.3 is 6.18 Å². The van der Waals surface area contributed by atoms with Crippen molar-refractivity contribution in [2.45, 2.75) is 37.9 Å². The van der Waals surface area contributed by atoms with Gasteiger partial charge in [0.05, 0.1) is 11.5 Å². The van der Waals surface area contributed by atoms with Crippen molar-refractivity contribution < 1.29 is 18.0 Å². The first-order valence-electron chi connectivity index (χ1n) is 6.47. The van der Waals surface area contributed by atoms with E-state index in [1.807, 2.05) is 0 Å². The molecule has 0 aliphatic carbocycles. The number of nitrogens with zero attached hydrogens (tertiary/aromatic N) is 1. The average Bonchev–Trinajstić information content (AvgIpc) is 2.35. The van der Waals surface area contributed by atoms with Crippen LogP contribution >= 0.6 is 0 Å². The third kappa shape index (κ3) is 4.35. The second-order valence-electron chi connectivity index (χ2n) is 5.38. The van der Waals surface area contributed by atoms with Gasteiger partial charge < -0.3 is 16.0 Å². The fourth-order valence-corrected chi connectivity index (χ4v) is 2.28. The van der Waals surface area contributed by atoms with E-state index in [0.29, 0.717) is 25.9 Å². The van der Waals surface area contributed by atoms with E-state index < -0.39 is 23.5 Å². The lowest BCUT2D eigenvalue weighted by Crippen LogP contribution is -2.54. The normalized spacial score (nSPS) is 25.0. The third-order valence-corrected chi connectivity index (χ3v) is 3.99. The quantitative estimate of drug-likeness (QED) is 0.794. The summed E-state index contributed by atoms with van der Waals surface area (Å²) in [7, 11) is 1.62. The molecule has 1 aliphatic rings. The zero-order chi connectivity index (χ0) is 14.7. The molecule has 1 saturated heterocycles. The maximum atomic E-state index is 12.7. The zero-order valence-corrected chi connectivity index (χ0v) is 11.4. The summed E-state index contributed by atoms with van der Waals surface area (Å²) in [5.74, 6) is -1.74. The number of amides is 1. The van der Waals surface area contributed by atoms with Crippen molar-refractivity contribution in [3.05, 3.63) is 0 Å². The molecule has 0 aromatic carbocycles. The van der Waals surface area contributed by atoms with E-state index in [1.54, 1.807) is 18.9 Å². The highest BCUT2D eigenvalue weighted by Gasteiger charge is 2.42. The topological polar surface area (TPSA) is 58.4 Å². The number of primary amides is 1. The minimum absolute atomic E-state index is 0.0159. The zero-order valence-electron chi connectivity index (χ0n) is 11.4. The Kier molecular flexibility index (Phi) is 5.20. The van der Waals surface area contributed by atoms with Gasteiger partial charge in [-0.25, -0.2) is 0 Å². The fraction of sp³-hybridized carbons (Fsp3) is 0.917. The predicted molar refractivity (Wildman–Crippen MR) is 66.5 cm³/mol. The second kappa shape index (κ2) is 6.09. The summed E-state index contributed by atoms with van der Waals surface area (Å²) in [6.07, 6.45) is -2.99. The van der Waals surface area contributed by atoms with Gasteiger partial charge in [-0.3, -0.25) is 4.79 Å². The van der Waals surface area contributed by atoms with Crippen LogP contribution in [0.25, 0.3) is 0 Å². The van der Waals surface area contributed by atoms with Crippen LogP contribution in [0.2, 0.25) is 0 Å². The molecule has 0 aromatic heterocycles. The van der Waals surface area contributed by atoms with Crippen LogP contribution < -0.4 is 11.1 Å². The van der Waals surface area contributed by atoms with Crippen LogP contribution in [-0.2, 0) is 4.79 Å². The van der Waals surface area contributed by atoms with E-state index in [-0.39, 0.29) is 13.0 Å². The summed E-state index contributed by atoms with van der Waals surface area (Å²) in [6.45, 7) is 2.76. The molecule has 0 bridgehead atoms. The summed E-state index contributed by atoms with van der Waals surface area (Å²) < 4.78 is 38.0. The molecule has 1 aliphatic heterocycles. The lowest BCUT2D eigenvalue weighted by molar-refractivity contribution is -0.186. The van der Waals surface area contributed by atoms with E-state index in [1.165, 1.54) is 0 Å². The molecule has 112 valence electrons. The average molecular weight is 281 g/mol. The summed E-state index contributed by atoms with van der Waals surface area (Å²) in [4.78, 5) is 13.1. The van der Waals surface area contributed by atoms with Crippen molar-refractivity contribution in [3.8, 4) is 0 Å². The van der Waals surface area contributed by atoms with Gasteiger partial charge in [-0.2, -0.15) is 13.2 Å². The van der Waals surface area contributed by atoms with E-state index >= 15 is 0 Å². The minimum atomic E-state index is -4.13. The number of carbonyl (C=O) groups excluding carboxylic acids is 1. The van der Waals surface area contributed by atoms with Crippen molar-refractivity contribution in [2.75, 3.05) is 26.7 Å². The van der Waals surface area contributed by atoms with Crippen LogP contribution in [0.3, 0.4) is 0 Å². The van der Waals surface area contributed by atoms with Crippen LogP contribution in [0.4, 0.5) is 13.2 Å². The van der Waals surface area contributed by atoms with E-state index in [9.17, 15) is 18.0 Å². The van der Waals surface area contributed by atoms with Gasteiger partial charge in [0.15, 0.2) is 0 Å². The van der Waals surface area contributed by atoms with Crippen LogP contribution in [-0.4, -0.2) is 49.2 Å². The van der Waals surface area contributed by atoms with Crippen molar-refractivity contribution in [3.63, 3.8) is 0 Å². The largest absolute Gasteiger partial charge is 0.393 e. The number of carbonyl (C=O) groups is 1. The number of rotatable bonds is 5. The molecule has 1 heterocycles. The molecule has 1 amide bonds. The molecule has 7 heteroatoms. The van der Waals surface area contributed by atoms with Gasteiger partial charge in [0.2, 0.25) is 5.91 Å². The first kappa shape index (κ1) is 16.2. The molecule has 1 fully saturated rings. The Balaban J connectivity index is 2.52. The smallest absolute Gasteiger partial charge is 0.368 e. The van der Waals surface area contributed by atoms with E-state index in [0.717, 1.165) is 0 Å². The van der Waals surface area contributed by atoms with Gasteiger partial charge in [0.1, 0.15) is 0 Å². The van der Waals surface area contributed by atoms with Gasteiger partial charge in [-0.15, -0.1) is 0 Å². The first-order chi connectivity index (χ1) is 8.69. The molecule has 1 rings (SSSR count). The Labute approximate surface area is 111 Å². The molecule has 4 nitrogen and oxygen atoms in total. The lowest BCUT2D eigenvalue weighted by Gasteiger charge is -2.35. The highest BCUT2D eigenvalue weighted by Crippen LogP contribution is 2.33. The number of hydrogen-bond acceptors (Lipinski definition) is 3. The number of nitrogens with two attached hydrogens (primary N) is 1. The van der Waals surface area contributed by atoms with Crippen LogP contribution in [0, 0.1) is 5.92 Å². The summed E-state index contributed by atoms with van der Waals surface area (Å²) in [5, 5.41) is 2.84.